The van der Waals surface area contributed by atoms with Crippen LogP contribution < -0.4 is 10.5 Å². The topological polar surface area (TPSA) is 75.4 Å². The van der Waals surface area contributed by atoms with Crippen LogP contribution in [-0.2, 0) is 10.0 Å². The molecule has 1 aromatic carbocycles. The molecule has 0 unspecified atom stereocenters. The first-order valence-electron chi connectivity index (χ1n) is 7.14. The van der Waals surface area contributed by atoms with Crippen molar-refractivity contribution in [3.8, 4) is 0 Å². The van der Waals surface area contributed by atoms with Gasteiger partial charge in [0.1, 0.15) is 5.82 Å². The zero-order valence-corrected chi connectivity index (χ0v) is 13.2. The third kappa shape index (κ3) is 3.93. The van der Waals surface area contributed by atoms with Crippen molar-refractivity contribution in [2.45, 2.75) is 37.6 Å². The lowest BCUT2D eigenvalue weighted by Gasteiger charge is -2.19. The number of benzene rings is 1. The molecule has 2 rings (SSSR count). The number of rotatable bonds is 7. The third-order valence-corrected chi connectivity index (χ3v) is 5.17. The van der Waals surface area contributed by atoms with Crippen molar-refractivity contribution in [1.29, 1.82) is 0 Å². The van der Waals surface area contributed by atoms with E-state index in [1.165, 1.54) is 25.8 Å². The van der Waals surface area contributed by atoms with Crippen LogP contribution in [0.4, 0.5) is 10.1 Å². The molecule has 3 N–H and O–H groups in total. The zero-order valence-electron chi connectivity index (χ0n) is 12.4. The van der Waals surface area contributed by atoms with Gasteiger partial charge in [-0.2, -0.15) is 0 Å². The highest BCUT2D eigenvalue weighted by atomic mass is 32.2. The fourth-order valence-electron chi connectivity index (χ4n) is 2.36. The smallest absolute Gasteiger partial charge is 0.240 e. The van der Waals surface area contributed by atoms with E-state index in [0.717, 1.165) is 12.6 Å². The number of sulfonamides is 1. The van der Waals surface area contributed by atoms with E-state index in [1.54, 1.807) is 0 Å². The van der Waals surface area contributed by atoms with Gasteiger partial charge in [-0.15, -0.1) is 0 Å². The lowest BCUT2D eigenvalue weighted by Crippen LogP contribution is -2.36. The van der Waals surface area contributed by atoms with E-state index in [9.17, 15) is 12.8 Å². The first-order chi connectivity index (χ1) is 9.85. The standard InChI is InChI=1S/C14H22FN3O2S/c1-3-18(11-4-5-11)7-6-17-21(19,20)12-8-10(2)14(15)13(16)9-12/h8-9,11,17H,3-7,16H2,1-2H3. The highest BCUT2D eigenvalue weighted by Crippen LogP contribution is 2.26. The molecule has 1 aromatic rings. The quantitative estimate of drug-likeness (QED) is 0.747. The normalized spacial score (nSPS) is 15.6. The van der Waals surface area contributed by atoms with Gasteiger partial charge in [-0.3, -0.25) is 4.90 Å². The van der Waals surface area contributed by atoms with Gasteiger partial charge in [-0.1, -0.05) is 6.92 Å². The van der Waals surface area contributed by atoms with Crippen molar-refractivity contribution >= 4 is 15.7 Å². The Labute approximate surface area is 125 Å². The minimum absolute atomic E-state index is 0.00775. The second-order valence-corrected chi connectivity index (χ2v) is 7.17. The number of hydrogen-bond donors (Lipinski definition) is 2. The monoisotopic (exact) mass is 315 g/mol. The van der Waals surface area contributed by atoms with Crippen LogP contribution in [0.3, 0.4) is 0 Å². The first kappa shape index (κ1) is 16.2. The Kier molecular flexibility index (Phi) is 4.85. The van der Waals surface area contributed by atoms with Crippen LogP contribution in [0.25, 0.3) is 0 Å². The minimum atomic E-state index is -3.65. The van der Waals surface area contributed by atoms with E-state index in [0.29, 0.717) is 19.1 Å². The molecule has 0 amide bonds. The van der Waals surface area contributed by atoms with Crippen molar-refractivity contribution < 1.29 is 12.8 Å². The molecule has 0 atom stereocenters. The maximum atomic E-state index is 13.5. The lowest BCUT2D eigenvalue weighted by atomic mass is 10.2. The van der Waals surface area contributed by atoms with Gasteiger partial charge in [0, 0.05) is 19.1 Å². The van der Waals surface area contributed by atoms with Crippen LogP contribution in [0, 0.1) is 12.7 Å². The number of anilines is 1. The lowest BCUT2D eigenvalue weighted by molar-refractivity contribution is 0.282. The number of nitrogen functional groups attached to an aromatic ring is 1. The summed E-state index contributed by atoms with van der Waals surface area (Å²) in [4.78, 5) is 2.26. The Hall–Kier alpha value is -1.18. The molecule has 0 radical (unpaired) electrons. The van der Waals surface area contributed by atoms with Gasteiger partial charge in [-0.05, 0) is 44.0 Å². The van der Waals surface area contributed by atoms with Crippen LogP contribution in [0.2, 0.25) is 0 Å². The molecule has 0 spiro atoms. The molecule has 5 nitrogen and oxygen atoms in total. The SMILES string of the molecule is CCN(CCNS(=O)(=O)c1cc(C)c(F)c(N)c1)C1CC1. The van der Waals surface area contributed by atoms with E-state index < -0.39 is 15.8 Å². The highest BCUT2D eigenvalue weighted by molar-refractivity contribution is 7.89. The molecule has 0 bridgehead atoms. The first-order valence-corrected chi connectivity index (χ1v) is 8.62. The summed E-state index contributed by atoms with van der Waals surface area (Å²) in [6.45, 7) is 5.49. The van der Waals surface area contributed by atoms with E-state index in [2.05, 4.69) is 16.5 Å². The molecule has 0 saturated heterocycles. The number of aryl methyl sites for hydroxylation is 1. The summed E-state index contributed by atoms with van der Waals surface area (Å²) >= 11 is 0. The third-order valence-electron chi connectivity index (χ3n) is 3.73. The van der Waals surface area contributed by atoms with Crippen LogP contribution in [0.1, 0.15) is 25.3 Å². The van der Waals surface area contributed by atoms with E-state index in [4.69, 9.17) is 5.73 Å². The molecule has 1 aliphatic rings. The maximum Gasteiger partial charge on any atom is 0.240 e. The summed E-state index contributed by atoms with van der Waals surface area (Å²) < 4.78 is 40.4. The van der Waals surface area contributed by atoms with Crippen LogP contribution in [-0.4, -0.2) is 39.0 Å². The summed E-state index contributed by atoms with van der Waals surface area (Å²) in [6.07, 6.45) is 2.38. The molecular formula is C14H22FN3O2S. The molecule has 0 aliphatic heterocycles. The molecule has 21 heavy (non-hydrogen) atoms. The van der Waals surface area contributed by atoms with Crippen molar-refractivity contribution in [3.63, 3.8) is 0 Å². The number of likely N-dealkylation sites (N-methyl/N-ethyl adjacent to an activating group) is 1. The summed E-state index contributed by atoms with van der Waals surface area (Å²) in [5, 5.41) is 0. The van der Waals surface area contributed by atoms with Gasteiger partial charge in [0.05, 0.1) is 10.6 Å². The summed E-state index contributed by atoms with van der Waals surface area (Å²) in [7, 11) is -3.65. The number of nitrogens with zero attached hydrogens (tertiary/aromatic N) is 1. The van der Waals surface area contributed by atoms with Gasteiger partial charge in [0.2, 0.25) is 10.0 Å². The zero-order chi connectivity index (χ0) is 15.6. The second-order valence-electron chi connectivity index (χ2n) is 5.40. The summed E-state index contributed by atoms with van der Waals surface area (Å²) in [6, 6.07) is 3.05. The molecule has 1 fully saturated rings. The number of hydrogen-bond acceptors (Lipinski definition) is 4. The number of nitrogens with two attached hydrogens (primary N) is 1. The molecule has 0 aromatic heterocycles. The second kappa shape index (κ2) is 6.29. The Balaban J connectivity index is 2.01. The van der Waals surface area contributed by atoms with E-state index >= 15 is 0 Å². The maximum absolute atomic E-state index is 13.5. The van der Waals surface area contributed by atoms with Gasteiger partial charge in [-0.25, -0.2) is 17.5 Å². The van der Waals surface area contributed by atoms with Crippen LogP contribution >= 0.6 is 0 Å². The Morgan fingerprint density at radius 2 is 2.10 bits per heavy atom. The fraction of sp³-hybridized carbons (Fsp3) is 0.571. The average molecular weight is 315 g/mol. The van der Waals surface area contributed by atoms with Crippen molar-refractivity contribution in [3.05, 3.63) is 23.5 Å². The Morgan fingerprint density at radius 3 is 2.62 bits per heavy atom. The van der Waals surface area contributed by atoms with Crippen molar-refractivity contribution in [2.75, 3.05) is 25.4 Å². The van der Waals surface area contributed by atoms with E-state index in [1.807, 2.05) is 0 Å². The van der Waals surface area contributed by atoms with Gasteiger partial charge < -0.3 is 5.73 Å². The van der Waals surface area contributed by atoms with Crippen molar-refractivity contribution in [2.24, 2.45) is 0 Å². The van der Waals surface area contributed by atoms with Crippen LogP contribution in [0.15, 0.2) is 17.0 Å². The van der Waals surface area contributed by atoms with Gasteiger partial charge >= 0.3 is 0 Å². The summed E-state index contributed by atoms with van der Waals surface area (Å²) in [5.41, 5.74) is 5.57. The molecular weight excluding hydrogens is 293 g/mol. The molecule has 0 heterocycles. The fourth-order valence-corrected chi connectivity index (χ4v) is 3.50. The predicted octanol–water partition coefficient (Wildman–Crippen LogP) is 1.48. The molecule has 1 saturated carbocycles. The van der Waals surface area contributed by atoms with Gasteiger partial charge in [0.15, 0.2) is 0 Å². The highest BCUT2D eigenvalue weighted by Gasteiger charge is 2.27. The average Bonchev–Trinajstić information content (AvgIpc) is 3.24. The molecule has 1 aliphatic carbocycles. The van der Waals surface area contributed by atoms with Crippen LogP contribution in [0.5, 0.6) is 0 Å². The largest absolute Gasteiger partial charge is 0.396 e. The number of halogens is 1. The molecule has 118 valence electrons. The molecule has 7 heteroatoms. The van der Waals surface area contributed by atoms with E-state index in [-0.39, 0.29) is 16.1 Å². The van der Waals surface area contributed by atoms with Crippen molar-refractivity contribution in [1.82, 2.24) is 9.62 Å². The summed E-state index contributed by atoms with van der Waals surface area (Å²) in [5.74, 6) is -0.570. The number of nitrogens with one attached hydrogen (secondary N) is 1. The van der Waals surface area contributed by atoms with Gasteiger partial charge in [0.25, 0.3) is 0 Å². The Bertz CT molecular complexity index is 592. The predicted molar refractivity (Wildman–Crippen MR) is 81.0 cm³/mol. The Morgan fingerprint density at radius 1 is 1.43 bits per heavy atom. The minimum Gasteiger partial charge on any atom is -0.396 e.